The molecule has 2 fully saturated rings. The largest absolute Gasteiger partial charge is 1.00 e. The van der Waals surface area contributed by atoms with Gasteiger partial charge in [0.1, 0.15) is 23.2 Å². The number of phenolic OH excluding ortho intramolecular Hbond substituents is 1. The molecule has 198 valence electrons. The van der Waals surface area contributed by atoms with E-state index in [1.807, 2.05) is 0 Å². The minimum absolute atomic E-state index is 0. The van der Waals surface area contributed by atoms with Crippen molar-refractivity contribution in [3.63, 3.8) is 0 Å². The van der Waals surface area contributed by atoms with E-state index in [1.165, 1.54) is 17.5 Å². The van der Waals surface area contributed by atoms with Gasteiger partial charge < -0.3 is 33.2 Å². The number of nitrogens with zero attached hydrogens (tertiary/aromatic N) is 3. The molecule has 0 aliphatic carbocycles. The van der Waals surface area contributed by atoms with E-state index >= 15 is 0 Å². The first kappa shape index (κ1) is 28.3. The molecule has 0 spiro atoms. The molecule has 0 saturated carbocycles. The van der Waals surface area contributed by atoms with Crippen molar-refractivity contribution in [2.45, 2.75) is 31.3 Å². The summed E-state index contributed by atoms with van der Waals surface area (Å²) in [5, 5.41) is 39.1. The first-order valence-corrected chi connectivity index (χ1v) is 12.4. The first-order chi connectivity index (χ1) is 18.2. The monoisotopic (exact) mass is 562 g/mol. The van der Waals surface area contributed by atoms with Gasteiger partial charge in [0.2, 0.25) is 5.91 Å². The number of thiazole rings is 1. The Morgan fingerprint density at radius 3 is 2.51 bits per heavy atom. The molecule has 2 aromatic rings. The molecular weight excluding hydrogens is 539 g/mol. The number of allylic oxidation sites excluding steroid dienone is 2. The number of oxime groups is 1. The molecule has 7 N–H and O–H groups in total. The fourth-order valence-corrected chi connectivity index (χ4v) is 5.59. The number of anilines is 1. The van der Waals surface area contributed by atoms with Crippen molar-refractivity contribution in [1.29, 1.82) is 0 Å². The summed E-state index contributed by atoms with van der Waals surface area (Å²) in [5.41, 5.74) is 6.58. The van der Waals surface area contributed by atoms with Crippen LogP contribution in [0.25, 0.3) is 5.57 Å². The van der Waals surface area contributed by atoms with Crippen LogP contribution in [-0.4, -0.2) is 73.3 Å². The van der Waals surface area contributed by atoms with Crippen molar-refractivity contribution in [3.05, 3.63) is 57.7 Å². The van der Waals surface area contributed by atoms with Crippen molar-refractivity contribution in [2.75, 3.05) is 12.3 Å². The number of hydrogen-bond donors (Lipinski definition) is 6. The van der Waals surface area contributed by atoms with Gasteiger partial charge in [-0.1, -0.05) is 17.3 Å². The molecule has 39 heavy (non-hydrogen) atoms. The van der Waals surface area contributed by atoms with E-state index in [4.69, 9.17) is 5.73 Å². The number of carbonyl (C=O) groups is 4. The number of amides is 3. The molecule has 0 bridgehead atoms. The smallest absolute Gasteiger partial charge is 1.00 e. The van der Waals surface area contributed by atoms with Gasteiger partial charge in [-0.15, -0.1) is 11.3 Å². The Hall–Kier alpha value is -3.72. The van der Waals surface area contributed by atoms with Gasteiger partial charge in [0, 0.05) is 17.5 Å². The molecule has 2 atom stereocenters. The Labute approximate surface area is 248 Å². The summed E-state index contributed by atoms with van der Waals surface area (Å²) >= 11 is 1.04. The van der Waals surface area contributed by atoms with Crippen LogP contribution in [0.2, 0.25) is 0 Å². The summed E-state index contributed by atoms with van der Waals surface area (Å²) < 4.78 is 0. The zero-order valence-corrected chi connectivity index (χ0v) is 23.5. The second-order valence-electron chi connectivity index (χ2n) is 8.82. The Morgan fingerprint density at radius 1 is 1.23 bits per heavy atom. The van der Waals surface area contributed by atoms with Crippen LogP contribution in [0.4, 0.5) is 5.13 Å². The topological polar surface area (TPSA) is 208 Å². The van der Waals surface area contributed by atoms with Crippen molar-refractivity contribution < 1.29 is 65.6 Å². The fourth-order valence-electron chi connectivity index (χ4n) is 5.04. The average molecular weight is 563 g/mol. The van der Waals surface area contributed by atoms with Gasteiger partial charge in [-0.25, -0.2) is 9.78 Å². The number of hydrogen-bond acceptors (Lipinski definition) is 10. The van der Waals surface area contributed by atoms with Crippen molar-refractivity contribution in [3.8, 4) is 5.75 Å². The molecule has 0 unspecified atom stereocenters. The molecule has 5 rings (SSSR count). The van der Waals surface area contributed by atoms with E-state index in [2.05, 4.69) is 20.8 Å². The number of carbonyl (C=O) groups excluding carboxylic acids is 3. The molecular formula is C24H23N6NaO7S. The minimum atomic E-state index is -1.35. The van der Waals surface area contributed by atoms with Gasteiger partial charge in [0.15, 0.2) is 10.8 Å². The number of rotatable bonds is 6. The van der Waals surface area contributed by atoms with E-state index in [0.29, 0.717) is 41.7 Å². The quantitative estimate of drug-likeness (QED) is 0.0550. The van der Waals surface area contributed by atoms with E-state index in [9.17, 15) is 34.6 Å². The third kappa shape index (κ3) is 5.03. The second kappa shape index (κ2) is 11.2. The number of nitrogens with two attached hydrogens (primary N) is 1. The number of fused-ring (bicyclic) bond motifs is 1. The number of nitrogens with one attached hydrogen (secondary N) is 2. The Balaban J connectivity index is 0.00000220. The van der Waals surface area contributed by atoms with Crippen molar-refractivity contribution in [1.82, 2.24) is 20.5 Å². The Morgan fingerprint density at radius 2 is 1.95 bits per heavy atom. The Bertz CT molecular complexity index is 1470. The fraction of sp³-hybridized carbons (Fsp3) is 0.250. The summed E-state index contributed by atoms with van der Waals surface area (Å²) in [6.45, 7) is 0.393. The third-order valence-corrected chi connectivity index (χ3v) is 7.37. The molecule has 3 aliphatic heterocycles. The first-order valence-electron chi connectivity index (χ1n) is 11.6. The number of phenols is 1. The average Bonchev–Trinajstić information content (AvgIpc) is 3.51. The van der Waals surface area contributed by atoms with Gasteiger partial charge in [0.05, 0.1) is 6.04 Å². The molecule has 13 nitrogen and oxygen atoms in total. The number of aromatic nitrogens is 1. The number of β-lactam (4-membered cyclic amide) rings is 1. The second-order valence-corrected chi connectivity index (χ2v) is 9.71. The van der Waals surface area contributed by atoms with Crippen LogP contribution in [0.5, 0.6) is 5.75 Å². The predicted molar refractivity (Wildman–Crippen MR) is 135 cm³/mol. The van der Waals surface area contributed by atoms with Gasteiger partial charge in [-0.05, 0) is 48.1 Å². The van der Waals surface area contributed by atoms with Crippen LogP contribution in [0, 0.1) is 0 Å². The number of aliphatic carboxylic acids is 1. The van der Waals surface area contributed by atoms with Crippen LogP contribution in [-0.2, 0) is 19.2 Å². The van der Waals surface area contributed by atoms with Crippen LogP contribution in [0.1, 0.15) is 31.9 Å². The maximum atomic E-state index is 13.2. The van der Waals surface area contributed by atoms with Gasteiger partial charge in [0.25, 0.3) is 11.8 Å². The minimum Gasteiger partial charge on any atom is -1.00 e. The zero-order valence-electron chi connectivity index (χ0n) is 21.7. The Kier molecular flexibility index (Phi) is 8.11. The van der Waals surface area contributed by atoms with E-state index in [1.54, 1.807) is 12.1 Å². The van der Waals surface area contributed by atoms with E-state index < -0.39 is 35.6 Å². The summed E-state index contributed by atoms with van der Waals surface area (Å²) in [5.74, 6) is -3.19. The van der Waals surface area contributed by atoms with Crippen LogP contribution < -0.4 is 45.9 Å². The molecule has 1 aromatic carbocycles. The third-order valence-electron chi connectivity index (χ3n) is 6.70. The van der Waals surface area contributed by atoms with Crippen LogP contribution in [0.3, 0.4) is 0 Å². The number of benzene rings is 1. The van der Waals surface area contributed by atoms with Crippen molar-refractivity contribution >= 4 is 51.4 Å². The zero-order chi connectivity index (χ0) is 27.1. The predicted octanol–water partition coefficient (Wildman–Crippen LogP) is -2.47. The normalized spacial score (nSPS) is 21.9. The maximum absolute atomic E-state index is 13.2. The molecule has 2 saturated heterocycles. The van der Waals surface area contributed by atoms with E-state index in [-0.39, 0.29) is 65.6 Å². The van der Waals surface area contributed by atoms with Gasteiger partial charge >= 0.3 is 35.5 Å². The standard InChI is InChI=1S/C24H22N6O7S.Na.H/c25-24-27-14(9-38-24)17(29-37)21(33)28-18-15-6-5-12(19(23(35)36)30(15)22(18)34)16(13-7-8-26-20(13)32)10-1-3-11(31)4-2-10;;/h1-4,9,15,18,31,37H,5-8H2,(H2,25,27)(H,26,32)(H,28,33)(H,35,36);;/q;+1;-1/t15-,18+;;/m1../s1. The summed E-state index contributed by atoms with van der Waals surface area (Å²) in [4.78, 5) is 56.1. The number of carboxylic acid groups (broad SMARTS) is 1. The van der Waals surface area contributed by atoms with Crippen LogP contribution in [0.15, 0.2) is 51.6 Å². The molecule has 3 amide bonds. The number of carboxylic acids is 1. The van der Waals surface area contributed by atoms with Crippen LogP contribution >= 0.6 is 11.3 Å². The molecule has 1 aromatic heterocycles. The van der Waals surface area contributed by atoms with E-state index in [0.717, 1.165) is 16.2 Å². The van der Waals surface area contributed by atoms with Gasteiger partial charge in [-0.2, -0.15) is 0 Å². The molecule has 15 heteroatoms. The SMILES string of the molecule is Nc1nc(C(=NO)C(=O)N[C@@H]2C(=O)N3C(C(=O)O)=C(C(=C4CCNC4=O)c4ccc(O)cc4)CC[C@H]23)cs1.[H-].[Na+]. The van der Waals surface area contributed by atoms with Gasteiger partial charge in [-0.3, -0.25) is 19.3 Å². The summed E-state index contributed by atoms with van der Waals surface area (Å²) in [6, 6.07) is 4.33. The summed E-state index contributed by atoms with van der Waals surface area (Å²) in [7, 11) is 0. The summed E-state index contributed by atoms with van der Waals surface area (Å²) in [6.07, 6.45) is 0.874. The number of aromatic hydroxyl groups is 1. The molecule has 4 heterocycles. The molecule has 3 aliphatic rings. The maximum Gasteiger partial charge on any atom is 1.00 e. The molecule has 0 radical (unpaired) electrons. The number of nitrogen functional groups attached to an aromatic ring is 1. The van der Waals surface area contributed by atoms with Crippen molar-refractivity contribution in [2.24, 2.45) is 5.16 Å².